The Kier molecular flexibility index (Phi) is 8.39. The van der Waals surface area contributed by atoms with Gasteiger partial charge in [0.25, 0.3) is 0 Å². The summed E-state index contributed by atoms with van der Waals surface area (Å²) in [6, 6.07) is 9.44. The van der Waals surface area contributed by atoms with Crippen molar-refractivity contribution in [3.8, 4) is 11.8 Å². The Balaban J connectivity index is 1.61. The third-order valence-electron chi connectivity index (χ3n) is 4.86. The van der Waals surface area contributed by atoms with Gasteiger partial charge in [0, 0.05) is 13.1 Å². The minimum Gasteiger partial charge on any atom is -0.497 e. The van der Waals surface area contributed by atoms with Crippen molar-refractivity contribution in [2.75, 3.05) is 20.2 Å². The monoisotopic (exact) mass is 358 g/mol. The molecule has 1 saturated heterocycles. The molecule has 0 spiro atoms. The van der Waals surface area contributed by atoms with Gasteiger partial charge in [-0.3, -0.25) is 4.79 Å². The van der Waals surface area contributed by atoms with Crippen LogP contribution in [0.4, 0.5) is 0 Å². The van der Waals surface area contributed by atoms with E-state index in [4.69, 9.17) is 10.5 Å². The van der Waals surface area contributed by atoms with Gasteiger partial charge >= 0.3 is 0 Å². The van der Waals surface area contributed by atoms with Crippen LogP contribution in [0.15, 0.2) is 24.3 Å². The molecule has 0 bridgehead atoms. The van der Waals surface area contributed by atoms with Crippen molar-refractivity contribution in [2.45, 2.75) is 57.2 Å². The second-order valence-electron chi connectivity index (χ2n) is 6.80. The highest BCUT2D eigenvalue weighted by molar-refractivity contribution is 5.82. The lowest BCUT2D eigenvalue weighted by atomic mass is 10.0. The Morgan fingerprint density at radius 1 is 1.38 bits per heavy atom. The van der Waals surface area contributed by atoms with Gasteiger partial charge in [-0.05, 0) is 56.3 Å². The van der Waals surface area contributed by atoms with Crippen LogP contribution in [0, 0.1) is 11.3 Å². The van der Waals surface area contributed by atoms with Crippen LogP contribution in [0.2, 0.25) is 0 Å². The van der Waals surface area contributed by atoms with Crippen LogP contribution in [-0.4, -0.2) is 43.1 Å². The molecule has 0 aliphatic carbocycles. The second kappa shape index (κ2) is 10.8. The van der Waals surface area contributed by atoms with Gasteiger partial charge in [-0.1, -0.05) is 18.6 Å². The van der Waals surface area contributed by atoms with Crippen molar-refractivity contribution in [1.29, 1.82) is 5.26 Å². The third-order valence-corrected chi connectivity index (χ3v) is 4.86. The van der Waals surface area contributed by atoms with E-state index >= 15 is 0 Å². The number of amides is 1. The smallest absolute Gasteiger partial charge is 0.240 e. The van der Waals surface area contributed by atoms with Gasteiger partial charge < -0.3 is 20.7 Å². The van der Waals surface area contributed by atoms with Crippen LogP contribution >= 0.6 is 0 Å². The number of piperidine rings is 1. The molecular formula is C20H30N4O2. The van der Waals surface area contributed by atoms with Gasteiger partial charge in [0.1, 0.15) is 11.8 Å². The summed E-state index contributed by atoms with van der Waals surface area (Å²) in [5, 5.41) is 12.6. The zero-order valence-electron chi connectivity index (χ0n) is 15.6. The highest BCUT2D eigenvalue weighted by Crippen LogP contribution is 2.18. The van der Waals surface area contributed by atoms with Crippen LogP contribution in [0.3, 0.4) is 0 Å². The maximum atomic E-state index is 12.4. The topological polar surface area (TPSA) is 91.4 Å². The van der Waals surface area contributed by atoms with Gasteiger partial charge in [0.05, 0.1) is 19.2 Å². The molecule has 1 aliphatic heterocycles. The number of hydrogen-bond acceptors (Lipinski definition) is 5. The Morgan fingerprint density at radius 2 is 2.15 bits per heavy atom. The number of unbranched alkanes of at least 4 members (excludes halogenated alkanes) is 1. The van der Waals surface area contributed by atoms with E-state index in [9.17, 15) is 10.1 Å². The maximum absolute atomic E-state index is 12.4. The number of likely N-dealkylation sites (tertiary alicyclic amines) is 1. The third kappa shape index (κ3) is 6.01. The fraction of sp³-hybridized carbons (Fsp3) is 0.600. The minimum atomic E-state index is -0.495. The molecule has 6 heteroatoms. The van der Waals surface area contributed by atoms with Crippen molar-refractivity contribution >= 4 is 5.91 Å². The van der Waals surface area contributed by atoms with Gasteiger partial charge in [-0.25, -0.2) is 0 Å². The fourth-order valence-corrected chi connectivity index (χ4v) is 3.26. The number of hydrogen-bond donors (Lipinski definition) is 2. The molecule has 6 nitrogen and oxygen atoms in total. The molecule has 1 aromatic carbocycles. The number of carbonyl (C=O) groups excluding carboxylic acids is 1. The maximum Gasteiger partial charge on any atom is 0.240 e. The summed E-state index contributed by atoms with van der Waals surface area (Å²) in [4.78, 5) is 14.1. The standard InChI is InChI=1S/C20H30N4O2/c1-26-18-10-8-16(9-11-18)15-23-12-4-2-7-19(22)20(25)24-13-5-3-6-17(24)14-21/h8-11,17,19,23H,2-7,12-13,15,22H2,1H3. The quantitative estimate of drug-likeness (QED) is 0.660. The number of rotatable bonds is 9. The summed E-state index contributed by atoms with van der Waals surface area (Å²) in [5.74, 6) is 0.794. The van der Waals surface area contributed by atoms with Crippen LogP contribution in [0.25, 0.3) is 0 Å². The SMILES string of the molecule is COc1ccc(CNCCCCC(N)C(=O)N2CCCCC2C#N)cc1. The van der Waals surface area contributed by atoms with Gasteiger partial charge in [0.2, 0.25) is 5.91 Å². The first-order valence-corrected chi connectivity index (χ1v) is 9.45. The lowest BCUT2D eigenvalue weighted by Gasteiger charge is -2.33. The van der Waals surface area contributed by atoms with E-state index in [1.807, 2.05) is 24.3 Å². The Morgan fingerprint density at radius 3 is 2.85 bits per heavy atom. The summed E-state index contributed by atoms with van der Waals surface area (Å²) in [6.07, 6.45) is 5.28. The van der Waals surface area contributed by atoms with Crippen LogP contribution in [0.5, 0.6) is 5.75 Å². The summed E-state index contributed by atoms with van der Waals surface area (Å²) in [5.41, 5.74) is 7.28. The average molecular weight is 358 g/mol. The number of nitrogens with two attached hydrogens (primary N) is 1. The molecule has 2 unspecified atom stereocenters. The van der Waals surface area contributed by atoms with Crippen molar-refractivity contribution < 1.29 is 9.53 Å². The highest BCUT2D eigenvalue weighted by Gasteiger charge is 2.29. The van der Waals surface area contributed by atoms with E-state index in [1.165, 1.54) is 5.56 Å². The van der Waals surface area contributed by atoms with Crippen LogP contribution < -0.4 is 15.8 Å². The Hall–Kier alpha value is -2.10. The molecular weight excluding hydrogens is 328 g/mol. The van der Waals surface area contributed by atoms with Crippen LogP contribution in [0.1, 0.15) is 44.1 Å². The summed E-state index contributed by atoms with van der Waals surface area (Å²) in [7, 11) is 1.66. The molecule has 1 amide bonds. The predicted octanol–water partition coefficient (Wildman–Crippen LogP) is 2.19. The summed E-state index contributed by atoms with van der Waals surface area (Å²) in [6.45, 7) is 2.36. The average Bonchev–Trinajstić information content (AvgIpc) is 2.70. The Labute approximate surface area is 156 Å². The summed E-state index contributed by atoms with van der Waals surface area (Å²) >= 11 is 0. The molecule has 1 fully saturated rings. The molecule has 26 heavy (non-hydrogen) atoms. The van der Waals surface area contributed by atoms with E-state index in [0.29, 0.717) is 13.0 Å². The molecule has 2 rings (SSSR count). The van der Waals surface area contributed by atoms with Gasteiger partial charge in [-0.15, -0.1) is 0 Å². The van der Waals surface area contributed by atoms with Gasteiger partial charge in [-0.2, -0.15) is 5.26 Å². The zero-order chi connectivity index (χ0) is 18.8. The van der Waals surface area contributed by atoms with Crippen molar-refractivity contribution in [3.63, 3.8) is 0 Å². The largest absolute Gasteiger partial charge is 0.497 e. The number of benzene rings is 1. The second-order valence-corrected chi connectivity index (χ2v) is 6.80. The lowest BCUT2D eigenvalue weighted by Crippen LogP contribution is -2.50. The number of nitriles is 1. The molecule has 1 aromatic rings. The first-order chi connectivity index (χ1) is 12.7. The molecule has 3 N–H and O–H groups in total. The minimum absolute atomic E-state index is 0.0672. The number of methoxy groups -OCH3 is 1. The Bertz CT molecular complexity index is 597. The molecule has 0 saturated carbocycles. The van der Waals surface area contributed by atoms with Crippen molar-refractivity contribution in [1.82, 2.24) is 10.2 Å². The van der Waals surface area contributed by atoms with E-state index in [2.05, 4.69) is 11.4 Å². The lowest BCUT2D eigenvalue weighted by molar-refractivity contribution is -0.135. The normalized spacial score (nSPS) is 18.2. The van der Waals surface area contributed by atoms with E-state index in [-0.39, 0.29) is 11.9 Å². The fourth-order valence-electron chi connectivity index (χ4n) is 3.26. The van der Waals surface area contributed by atoms with Crippen molar-refractivity contribution in [3.05, 3.63) is 29.8 Å². The number of nitrogens with one attached hydrogen (secondary N) is 1. The molecule has 0 radical (unpaired) electrons. The first kappa shape index (κ1) is 20.2. The molecule has 1 heterocycles. The van der Waals surface area contributed by atoms with Crippen molar-refractivity contribution in [2.24, 2.45) is 5.73 Å². The highest BCUT2D eigenvalue weighted by atomic mass is 16.5. The number of nitrogens with zero attached hydrogens (tertiary/aromatic N) is 2. The molecule has 0 aromatic heterocycles. The number of ether oxygens (including phenoxy) is 1. The van der Waals surface area contributed by atoms with E-state index in [0.717, 1.165) is 50.9 Å². The zero-order valence-corrected chi connectivity index (χ0v) is 15.6. The summed E-state index contributed by atoms with van der Waals surface area (Å²) < 4.78 is 5.14. The molecule has 1 aliphatic rings. The van der Waals surface area contributed by atoms with E-state index in [1.54, 1.807) is 12.0 Å². The van der Waals surface area contributed by atoms with Gasteiger partial charge in [0.15, 0.2) is 0 Å². The predicted molar refractivity (Wildman–Crippen MR) is 101 cm³/mol. The first-order valence-electron chi connectivity index (χ1n) is 9.45. The van der Waals surface area contributed by atoms with E-state index < -0.39 is 6.04 Å². The van der Waals surface area contributed by atoms with Crippen LogP contribution in [-0.2, 0) is 11.3 Å². The molecule has 142 valence electrons. The molecule has 2 atom stereocenters. The number of carbonyl (C=O) groups is 1.